The second kappa shape index (κ2) is 9.81. The number of rotatable bonds is 9. The van der Waals surface area contributed by atoms with E-state index in [0.29, 0.717) is 0 Å². The third kappa shape index (κ3) is 5.63. The maximum Gasteiger partial charge on any atom is 0.190 e. The molecule has 1 atom stereocenters. The van der Waals surface area contributed by atoms with Crippen LogP contribution in [0, 0.1) is 5.92 Å². The minimum atomic E-state index is 0.766. The third-order valence-corrected chi connectivity index (χ3v) is 5.56. The first-order valence-corrected chi connectivity index (χ1v) is 10.3. The summed E-state index contributed by atoms with van der Waals surface area (Å²) in [5, 5.41) is 6.99. The number of aliphatic imine (C=N–C) groups is 1. The first kappa shape index (κ1) is 19.0. The molecule has 1 aliphatic heterocycles. The molecule has 2 N–H and O–H groups in total. The topological polar surface area (TPSA) is 42.9 Å². The fraction of sp³-hybridized carbons (Fsp3) is 0.667. The van der Waals surface area contributed by atoms with Gasteiger partial charge in [0, 0.05) is 51.5 Å². The van der Waals surface area contributed by atoms with Gasteiger partial charge >= 0.3 is 0 Å². The van der Waals surface area contributed by atoms with E-state index in [4.69, 9.17) is 0 Å². The van der Waals surface area contributed by atoms with Crippen molar-refractivity contribution in [2.24, 2.45) is 10.9 Å². The van der Waals surface area contributed by atoms with E-state index >= 15 is 0 Å². The molecule has 1 unspecified atom stereocenters. The maximum atomic E-state index is 4.38. The maximum absolute atomic E-state index is 4.38. The highest BCUT2D eigenvalue weighted by atomic mass is 15.2. The van der Waals surface area contributed by atoms with Gasteiger partial charge in [-0.2, -0.15) is 0 Å². The predicted octanol–water partition coefficient (Wildman–Crippen LogP) is 2.55. The first-order chi connectivity index (χ1) is 12.8. The Bertz CT molecular complexity index is 555. The number of nitrogens with one attached hydrogen (secondary N) is 2. The summed E-state index contributed by atoms with van der Waals surface area (Å²) in [6.07, 6.45) is 5.26. The molecule has 1 saturated carbocycles. The molecule has 2 fully saturated rings. The SMILES string of the molecule is CCN(CCCNC(=NC)NCC1CCN(C2CC2)C1)c1ccccc1. The van der Waals surface area contributed by atoms with E-state index in [1.165, 1.54) is 38.0 Å². The summed E-state index contributed by atoms with van der Waals surface area (Å²) in [5.74, 6) is 1.71. The molecule has 0 radical (unpaired) electrons. The minimum absolute atomic E-state index is 0.766. The standard InChI is InChI=1S/C21H35N5/c1-3-25(19-8-5-4-6-9-19)14-7-13-23-21(22-2)24-16-18-12-15-26(17-18)20-10-11-20/h4-6,8-9,18,20H,3,7,10-17H2,1-2H3,(H2,22,23,24). The minimum Gasteiger partial charge on any atom is -0.372 e. The summed E-state index contributed by atoms with van der Waals surface area (Å²) in [6.45, 7) is 8.84. The van der Waals surface area contributed by atoms with Crippen molar-refractivity contribution < 1.29 is 0 Å². The normalized spacial score (nSPS) is 21.0. The monoisotopic (exact) mass is 357 g/mol. The second-order valence-corrected chi connectivity index (χ2v) is 7.53. The molecule has 1 heterocycles. The van der Waals surface area contributed by atoms with E-state index in [1.807, 2.05) is 7.05 Å². The van der Waals surface area contributed by atoms with Gasteiger partial charge in [0.2, 0.25) is 0 Å². The second-order valence-electron chi connectivity index (χ2n) is 7.53. The molecule has 26 heavy (non-hydrogen) atoms. The third-order valence-electron chi connectivity index (χ3n) is 5.56. The Kier molecular flexibility index (Phi) is 7.18. The van der Waals surface area contributed by atoms with Gasteiger partial charge in [-0.15, -0.1) is 0 Å². The summed E-state index contributed by atoms with van der Waals surface area (Å²) in [7, 11) is 1.86. The fourth-order valence-corrected chi connectivity index (χ4v) is 3.85. The van der Waals surface area contributed by atoms with Crippen LogP contribution in [0.5, 0.6) is 0 Å². The van der Waals surface area contributed by atoms with Crippen LogP contribution in [0.15, 0.2) is 35.3 Å². The molecule has 1 aliphatic carbocycles. The number of likely N-dealkylation sites (tertiary alicyclic amines) is 1. The highest BCUT2D eigenvalue weighted by molar-refractivity contribution is 5.79. The van der Waals surface area contributed by atoms with E-state index in [9.17, 15) is 0 Å². The number of guanidine groups is 1. The summed E-state index contributed by atoms with van der Waals surface area (Å²) >= 11 is 0. The highest BCUT2D eigenvalue weighted by Gasteiger charge is 2.34. The Balaban J connectivity index is 1.31. The Morgan fingerprint density at radius 1 is 1.19 bits per heavy atom. The van der Waals surface area contributed by atoms with Crippen molar-refractivity contribution in [3.8, 4) is 0 Å². The number of hydrogen-bond donors (Lipinski definition) is 2. The van der Waals surface area contributed by atoms with Gasteiger partial charge in [0.15, 0.2) is 5.96 Å². The molecule has 144 valence electrons. The van der Waals surface area contributed by atoms with Gasteiger partial charge < -0.3 is 20.4 Å². The van der Waals surface area contributed by atoms with Crippen LogP contribution in [0.4, 0.5) is 5.69 Å². The summed E-state index contributed by atoms with van der Waals surface area (Å²) < 4.78 is 0. The van der Waals surface area contributed by atoms with Gasteiger partial charge in [0.25, 0.3) is 0 Å². The van der Waals surface area contributed by atoms with E-state index in [2.05, 4.69) is 62.7 Å². The summed E-state index contributed by atoms with van der Waals surface area (Å²) in [4.78, 5) is 9.47. The lowest BCUT2D eigenvalue weighted by atomic mass is 10.1. The van der Waals surface area contributed by atoms with Crippen molar-refractivity contribution >= 4 is 11.6 Å². The van der Waals surface area contributed by atoms with E-state index < -0.39 is 0 Å². The molecule has 0 bridgehead atoms. The Morgan fingerprint density at radius 2 is 2.00 bits per heavy atom. The summed E-state index contributed by atoms with van der Waals surface area (Å²) in [6, 6.07) is 11.6. The van der Waals surface area contributed by atoms with Crippen molar-refractivity contribution in [1.82, 2.24) is 15.5 Å². The van der Waals surface area contributed by atoms with Crippen molar-refractivity contribution in [3.05, 3.63) is 30.3 Å². The number of para-hydroxylation sites is 1. The molecule has 3 rings (SSSR count). The van der Waals surface area contributed by atoms with E-state index in [-0.39, 0.29) is 0 Å². The fourth-order valence-electron chi connectivity index (χ4n) is 3.85. The molecule has 2 aliphatic rings. The predicted molar refractivity (Wildman–Crippen MR) is 111 cm³/mol. The first-order valence-electron chi connectivity index (χ1n) is 10.3. The van der Waals surface area contributed by atoms with Gasteiger partial charge in [-0.1, -0.05) is 18.2 Å². The van der Waals surface area contributed by atoms with Crippen LogP contribution in [0.2, 0.25) is 0 Å². The van der Waals surface area contributed by atoms with Crippen LogP contribution in [-0.2, 0) is 0 Å². The molecule has 1 saturated heterocycles. The van der Waals surface area contributed by atoms with Crippen LogP contribution in [0.3, 0.4) is 0 Å². The molecule has 0 spiro atoms. The lowest BCUT2D eigenvalue weighted by Crippen LogP contribution is -2.41. The molecular weight excluding hydrogens is 322 g/mol. The van der Waals surface area contributed by atoms with Crippen LogP contribution >= 0.6 is 0 Å². The largest absolute Gasteiger partial charge is 0.372 e. The van der Waals surface area contributed by atoms with Crippen LogP contribution < -0.4 is 15.5 Å². The van der Waals surface area contributed by atoms with Crippen molar-refractivity contribution in [2.75, 3.05) is 51.2 Å². The lowest BCUT2D eigenvalue weighted by molar-refractivity contribution is 0.314. The number of anilines is 1. The van der Waals surface area contributed by atoms with Gasteiger partial charge in [-0.05, 0) is 57.2 Å². The van der Waals surface area contributed by atoms with Crippen LogP contribution in [0.1, 0.15) is 32.6 Å². The molecular formula is C21H35N5. The van der Waals surface area contributed by atoms with Gasteiger partial charge in [-0.25, -0.2) is 0 Å². The van der Waals surface area contributed by atoms with E-state index in [0.717, 1.165) is 50.5 Å². The average Bonchev–Trinajstić information content (AvgIpc) is 3.43. The van der Waals surface area contributed by atoms with Crippen molar-refractivity contribution in [2.45, 2.75) is 38.6 Å². The Hall–Kier alpha value is -1.75. The highest BCUT2D eigenvalue weighted by Crippen LogP contribution is 2.31. The lowest BCUT2D eigenvalue weighted by Gasteiger charge is -2.23. The smallest absolute Gasteiger partial charge is 0.190 e. The molecule has 0 aromatic heterocycles. The zero-order valence-corrected chi connectivity index (χ0v) is 16.5. The average molecular weight is 358 g/mol. The molecule has 5 nitrogen and oxygen atoms in total. The van der Waals surface area contributed by atoms with Gasteiger partial charge in [0.05, 0.1) is 0 Å². The van der Waals surface area contributed by atoms with Crippen LogP contribution in [-0.4, -0.2) is 63.2 Å². The molecule has 5 heteroatoms. The molecule has 0 amide bonds. The number of nitrogens with zero attached hydrogens (tertiary/aromatic N) is 3. The van der Waals surface area contributed by atoms with E-state index in [1.54, 1.807) is 0 Å². The number of hydrogen-bond acceptors (Lipinski definition) is 3. The Labute approximate surface area is 158 Å². The van der Waals surface area contributed by atoms with Crippen molar-refractivity contribution in [3.63, 3.8) is 0 Å². The summed E-state index contributed by atoms with van der Waals surface area (Å²) in [5.41, 5.74) is 1.30. The Morgan fingerprint density at radius 3 is 2.69 bits per heavy atom. The zero-order valence-electron chi connectivity index (χ0n) is 16.5. The number of benzene rings is 1. The quantitative estimate of drug-likeness (QED) is 0.405. The zero-order chi connectivity index (χ0) is 18.2. The molecule has 1 aromatic rings. The van der Waals surface area contributed by atoms with Gasteiger partial charge in [-0.3, -0.25) is 4.99 Å². The van der Waals surface area contributed by atoms with Crippen molar-refractivity contribution in [1.29, 1.82) is 0 Å². The van der Waals surface area contributed by atoms with Gasteiger partial charge in [0.1, 0.15) is 0 Å². The molecule has 1 aromatic carbocycles. The van der Waals surface area contributed by atoms with Crippen LogP contribution in [0.25, 0.3) is 0 Å².